The van der Waals surface area contributed by atoms with Gasteiger partial charge in [-0.05, 0) is 25.7 Å². The van der Waals surface area contributed by atoms with Gasteiger partial charge in [-0.2, -0.15) is 0 Å². The summed E-state index contributed by atoms with van der Waals surface area (Å²) in [6, 6.07) is 0. The highest BCUT2D eigenvalue weighted by Crippen LogP contribution is 2.28. The molecule has 30 heavy (non-hydrogen) atoms. The van der Waals surface area contributed by atoms with Gasteiger partial charge >= 0.3 is 11.9 Å². The molecule has 0 aromatic rings. The lowest BCUT2D eigenvalue weighted by Crippen LogP contribution is -2.34. The number of hydrogen-bond donors (Lipinski definition) is 0. The van der Waals surface area contributed by atoms with E-state index in [4.69, 9.17) is 9.47 Å². The summed E-state index contributed by atoms with van der Waals surface area (Å²) in [6.45, 7) is 5.36. The van der Waals surface area contributed by atoms with E-state index in [-0.39, 0.29) is 23.8 Å². The average molecular weight is 423 g/mol. The van der Waals surface area contributed by atoms with Crippen LogP contribution in [0.25, 0.3) is 0 Å². The fourth-order valence-corrected chi connectivity index (χ4v) is 4.01. The molecule has 0 amide bonds. The fraction of sp³-hybridized carbons (Fsp3) is 0.846. The van der Waals surface area contributed by atoms with Crippen molar-refractivity contribution in [2.24, 2.45) is 11.8 Å². The van der Waals surface area contributed by atoms with E-state index in [2.05, 4.69) is 13.8 Å². The molecule has 2 atom stereocenters. The molecule has 4 nitrogen and oxygen atoms in total. The van der Waals surface area contributed by atoms with Crippen molar-refractivity contribution in [2.45, 2.75) is 117 Å². The van der Waals surface area contributed by atoms with Crippen LogP contribution in [0.3, 0.4) is 0 Å². The van der Waals surface area contributed by atoms with Crippen LogP contribution in [-0.4, -0.2) is 25.2 Å². The van der Waals surface area contributed by atoms with Gasteiger partial charge in [-0.3, -0.25) is 9.59 Å². The van der Waals surface area contributed by atoms with E-state index in [0.717, 1.165) is 25.7 Å². The minimum absolute atomic E-state index is 0.233. The van der Waals surface area contributed by atoms with Crippen molar-refractivity contribution in [1.82, 2.24) is 0 Å². The van der Waals surface area contributed by atoms with Crippen molar-refractivity contribution in [1.29, 1.82) is 0 Å². The molecule has 0 aromatic heterocycles. The second-order valence-corrected chi connectivity index (χ2v) is 8.73. The van der Waals surface area contributed by atoms with E-state index < -0.39 is 0 Å². The van der Waals surface area contributed by atoms with Crippen LogP contribution in [0.15, 0.2) is 12.2 Å². The van der Waals surface area contributed by atoms with Crippen LogP contribution in [0.2, 0.25) is 0 Å². The zero-order chi connectivity index (χ0) is 21.9. The molecule has 1 rings (SSSR count). The average Bonchev–Trinajstić information content (AvgIpc) is 2.77. The van der Waals surface area contributed by atoms with Gasteiger partial charge in [0, 0.05) is 0 Å². The van der Waals surface area contributed by atoms with E-state index >= 15 is 0 Å². The Bertz CT molecular complexity index is 472. The SMILES string of the molecule is CCCCCCCCCCCOC(=O)C1CC=CCC1C(=O)OCCCCCCC. The summed E-state index contributed by atoms with van der Waals surface area (Å²) >= 11 is 0. The third kappa shape index (κ3) is 12.4. The lowest BCUT2D eigenvalue weighted by atomic mass is 9.83. The highest BCUT2D eigenvalue weighted by atomic mass is 16.5. The van der Waals surface area contributed by atoms with Crippen molar-refractivity contribution in [3.63, 3.8) is 0 Å². The fourth-order valence-electron chi connectivity index (χ4n) is 4.01. The molecule has 4 heteroatoms. The number of rotatable bonds is 18. The molecule has 174 valence electrons. The summed E-state index contributed by atoms with van der Waals surface area (Å²) in [6.07, 6.45) is 21.9. The van der Waals surface area contributed by atoms with Crippen LogP contribution in [0.5, 0.6) is 0 Å². The standard InChI is InChI=1S/C26H46O4/c1-3-5-7-9-10-11-12-14-18-22-30-26(28)24-20-16-15-19-23(24)25(27)29-21-17-13-8-6-4-2/h15-16,23-24H,3-14,17-22H2,1-2H3. The van der Waals surface area contributed by atoms with Crippen molar-refractivity contribution in [2.75, 3.05) is 13.2 Å². The zero-order valence-electron chi connectivity index (χ0n) is 19.7. The van der Waals surface area contributed by atoms with Crippen LogP contribution in [-0.2, 0) is 19.1 Å². The Hall–Kier alpha value is -1.32. The summed E-state index contributed by atoms with van der Waals surface area (Å²) in [5.41, 5.74) is 0. The van der Waals surface area contributed by atoms with Crippen LogP contribution < -0.4 is 0 Å². The van der Waals surface area contributed by atoms with Crippen molar-refractivity contribution < 1.29 is 19.1 Å². The second-order valence-electron chi connectivity index (χ2n) is 8.73. The van der Waals surface area contributed by atoms with E-state index in [9.17, 15) is 9.59 Å². The van der Waals surface area contributed by atoms with E-state index in [1.165, 1.54) is 64.2 Å². The lowest BCUT2D eigenvalue weighted by molar-refractivity contribution is -0.161. The maximum atomic E-state index is 12.5. The Morgan fingerprint density at radius 3 is 1.30 bits per heavy atom. The molecule has 0 radical (unpaired) electrons. The second kappa shape index (κ2) is 18.4. The summed E-state index contributed by atoms with van der Waals surface area (Å²) in [5.74, 6) is -1.24. The Balaban J connectivity index is 2.17. The summed E-state index contributed by atoms with van der Waals surface area (Å²) in [4.78, 5) is 25.0. The third-order valence-electron chi connectivity index (χ3n) is 6.02. The summed E-state index contributed by atoms with van der Waals surface area (Å²) in [7, 11) is 0. The Morgan fingerprint density at radius 1 is 0.600 bits per heavy atom. The van der Waals surface area contributed by atoms with Gasteiger partial charge in [0.2, 0.25) is 0 Å². The zero-order valence-corrected chi connectivity index (χ0v) is 19.7. The minimum Gasteiger partial charge on any atom is -0.465 e. The number of carbonyl (C=O) groups is 2. The number of hydrogen-bond acceptors (Lipinski definition) is 4. The molecular weight excluding hydrogens is 376 g/mol. The van der Waals surface area contributed by atoms with Crippen LogP contribution >= 0.6 is 0 Å². The molecule has 0 aromatic carbocycles. The van der Waals surface area contributed by atoms with Crippen molar-refractivity contribution >= 4 is 11.9 Å². The lowest BCUT2D eigenvalue weighted by Gasteiger charge is -2.25. The predicted molar refractivity (Wildman–Crippen MR) is 123 cm³/mol. The maximum absolute atomic E-state index is 12.5. The van der Waals surface area contributed by atoms with Crippen LogP contribution in [0.1, 0.15) is 117 Å². The minimum atomic E-state index is -0.388. The first-order valence-electron chi connectivity index (χ1n) is 12.7. The predicted octanol–water partition coefficient (Wildman–Crippen LogP) is 7.16. The largest absolute Gasteiger partial charge is 0.465 e. The van der Waals surface area contributed by atoms with Gasteiger partial charge < -0.3 is 9.47 Å². The first-order chi connectivity index (χ1) is 14.7. The van der Waals surface area contributed by atoms with E-state index in [1.807, 2.05) is 12.2 Å². The number of carbonyl (C=O) groups excluding carboxylic acids is 2. The van der Waals surface area contributed by atoms with Crippen molar-refractivity contribution in [3.05, 3.63) is 12.2 Å². The number of unbranched alkanes of at least 4 members (excludes halogenated alkanes) is 12. The third-order valence-corrected chi connectivity index (χ3v) is 6.02. The van der Waals surface area contributed by atoms with Crippen LogP contribution in [0, 0.1) is 11.8 Å². The smallest absolute Gasteiger partial charge is 0.310 e. The number of ether oxygens (including phenoxy) is 2. The maximum Gasteiger partial charge on any atom is 0.310 e. The van der Waals surface area contributed by atoms with Gasteiger partial charge in [-0.1, -0.05) is 103 Å². The Labute approximate surface area is 185 Å². The quantitative estimate of drug-likeness (QED) is 0.134. The summed E-state index contributed by atoms with van der Waals surface area (Å²) < 4.78 is 11.0. The molecular formula is C26H46O4. The molecule has 0 heterocycles. The van der Waals surface area contributed by atoms with Gasteiger partial charge in [0.1, 0.15) is 0 Å². The van der Waals surface area contributed by atoms with Crippen molar-refractivity contribution in [3.8, 4) is 0 Å². The normalized spacial score (nSPS) is 18.3. The molecule has 0 fully saturated rings. The van der Waals surface area contributed by atoms with Gasteiger partial charge in [-0.15, -0.1) is 0 Å². The van der Waals surface area contributed by atoms with Crippen LogP contribution in [0.4, 0.5) is 0 Å². The molecule has 0 N–H and O–H groups in total. The highest BCUT2D eigenvalue weighted by molar-refractivity contribution is 5.82. The van der Waals surface area contributed by atoms with Gasteiger partial charge in [0.25, 0.3) is 0 Å². The topological polar surface area (TPSA) is 52.6 Å². The molecule has 0 bridgehead atoms. The molecule has 0 spiro atoms. The Kier molecular flexibility index (Phi) is 16.4. The van der Waals surface area contributed by atoms with Gasteiger partial charge in [-0.25, -0.2) is 0 Å². The number of esters is 2. The summed E-state index contributed by atoms with van der Waals surface area (Å²) in [5, 5.41) is 0. The molecule has 0 saturated heterocycles. The molecule has 1 aliphatic carbocycles. The Morgan fingerprint density at radius 2 is 0.933 bits per heavy atom. The first-order valence-corrected chi connectivity index (χ1v) is 12.7. The number of allylic oxidation sites excluding steroid dienone is 2. The molecule has 1 aliphatic rings. The monoisotopic (exact) mass is 422 g/mol. The van der Waals surface area contributed by atoms with Gasteiger partial charge in [0.05, 0.1) is 25.0 Å². The highest BCUT2D eigenvalue weighted by Gasteiger charge is 2.36. The van der Waals surface area contributed by atoms with E-state index in [0.29, 0.717) is 26.1 Å². The molecule has 2 unspecified atom stereocenters. The molecule has 0 aliphatic heterocycles. The van der Waals surface area contributed by atoms with Gasteiger partial charge in [0.15, 0.2) is 0 Å². The first kappa shape index (κ1) is 26.7. The van der Waals surface area contributed by atoms with E-state index in [1.54, 1.807) is 0 Å². The molecule has 0 saturated carbocycles.